The second-order valence-corrected chi connectivity index (χ2v) is 8.12. The van der Waals surface area contributed by atoms with Crippen molar-refractivity contribution in [1.82, 2.24) is 0 Å². The van der Waals surface area contributed by atoms with Crippen molar-refractivity contribution in [3.63, 3.8) is 0 Å². The van der Waals surface area contributed by atoms with Crippen LogP contribution in [0.2, 0.25) is 0 Å². The molecule has 2 nitrogen and oxygen atoms in total. The minimum Gasteiger partial charge on any atom is -0.508 e. The van der Waals surface area contributed by atoms with Crippen molar-refractivity contribution in [2.24, 2.45) is 0 Å². The molecule has 3 rings (SSSR count). The molecule has 2 N–H and O–H groups in total. The number of para-hydroxylation sites is 1. The number of hydrogen-bond acceptors (Lipinski definition) is 2. The second-order valence-electron chi connectivity index (χ2n) is 5.23. The van der Waals surface area contributed by atoms with Crippen molar-refractivity contribution in [1.29, 1.82) is 0 Å². The van der Waals surface area contributed by atoms with Gasteiger partial charge < -0.3 is 5.11 Å². The van der Waals surface area contributed by atoms with E-state index in [2.05, 4.69) is 0 Å². The van der Waals surface area contributed by atoms with Gasteiger partial charge in [-0.3, -0.25) is 0 Å². The summed E-state index contributed by atoms with van der Waals surface area (Å²) in [6, 6.07) is 26.7. The van der Waals surface area contributed by atoms with Gasteiger partial charge in [-0.2, -0.15) is 0 Å². The number of phenols is 1. The van der Waals surface area contributed by atoms with Crippen molar-refractivity contribution in [3.05, 3.63) is 90.5 Å². The molecule has 0 unspecified atom stereocenters. The lowest BCUT2D eigenvalue weighted by Crippen LogP contribution is -2.23. The van der Waals surface area contributed by atoms with Crippen LogP contribution in [0, 0.1) is 0 Å². The largest absolute Gasteiger partial charge is 0.508 e. The standard InChI is InChI=1S/C19H17O2P/c20-19-14-8-7-9-16(19)15-22(21,17-10-3-1-4-11-17)18-12-5-2-6-13-18/h1-14,21H,15H2/p+1. The molecule has 0 saturated carbocycles. The highest BCUT2D eigenvalue weighted by Gasteiger charge is 2.42. The molecule has 0 aliphatic heterocycles. The van der Waals surface area contributed by atoms with E-state index in [4.69, 9.17) is 0 Å². The molecule has 0 heterocycles. The summed E-state index contributed by atoms with van der Waals surface area (Å²) < 4.78 is 0. The first-order chi connectivity index (χ1) is 10.7. The van der Waals surface area contributed by atoms with Crippen molar-refractivity contribution in [2.45, 2.75) is 6.16 Å². The zero-order chi connectivity index (χ0) is 15.4. The Labute approximate surface area is 131 Å². The van der Waals surface area contributed by atoms with Gasteiger partial charge in [0.2, 0.25) is 7.49 Å². The summed E-state index contributed by atoms with van der Waals surface area (Å²) in [6.07, 6.45) is 0.424. The van der Waals surface area contributed by atoms with E-state index in [1.165, 1.54) is 0 Å². The van der Waals surface area contributed by atoms with E-state index in [1.54, 1.807) is 12.1 Å². The van der Waals surface area contributed by atoms with Crippen molar-refractivity contribution >= 4 is 18.1 Å². The fraction of sp³-hybridized carbons (Fsp3) is 0.0526. The Morgan fingerprint density at radius 3 is 1.59 bits per heavy atom. The Kier molecular flexibility index (Phi) is 4.24. The van der Waals surface area contributed by atoms with Gasteiger partial charge >= 0.3 is 0 Å². The number of hydrogen-bond donors (Lipinski definition) is 2. The van der Waals surface area contributed by atoms with E-state index in [-0.39, 0.29) is 5.75 Å². The van der Waals surface area contributed by atoms with Gasteiger partial charge in [-0.1, -0.05) is 54.6 Å². The summed E-state index contributed by atoms with van der Waals surface area (Å²) in [4.78, 5) is 11.5. The highest BCUT2D eigenvalue weighted by Crippen LogP contribution is 2.55. The Balaban J connectivity index is 2.10. The lowest BCUT2D eigenvalue weighted by atomic mass is 10.2. The van der Waals surface area contributed by atoms with Crippen LogP contribution in [0.5, 0.6) is 5.75 Å². The summed E-state index contributed by atoms with van der Waals surface area (Å²) in [5.41, 5.74) is 0.769. The molecule has 0 fully saturated rings. The van der Waals surface area contributed by atoms with Gasteiger partial charge in [0, 0.05) is 5.56 Å². The highest BCUT2D eigenvalue weighted by molar-refractivity contribution is 7.83. The minimum atomic E-state index is -2.58. The van der Waals surface area contributed by atoms with Gasteiger partial charge in [0.25, 0.3) is 0 Å². The SMILES string of the molecule is Oc1ccccc1C[P+](O)(c1ccccc1)c1ccccc1. The Hall–Kier alpha value is -2.15. The van der Waals surface area contributed by atoms with Gasteiger partial charge in [0.15, 0.2) is 0 Å². The van der Waals surface area contributed by atoms with Crippen molar-refractivity contribution in [2.75, 3.05) is 0 Å². The second kappa shape index (κ2) is 6.31. The summed E-state index contributed by atoms with van der Waals surface area (Å²) in [5, 5.41) is 11.9. The number of aromatic hydroxyl groups is 1. The van der Waals surface area contributed by atoms with Crippen LogP contribution in [0.15, 0.2) is 84.9 Å². The first kappa shape index (κ1) is 14.8. The molecule has 22 heavy (non-hydrogen) atoms. The molecule has 3 aromatic rings. The number of phenolic OH excluding ortho intramolecular Hbond substituents is 1. The van der Waals surface area contributed by atoms with Crippen LogP contribution >= 0.6 is 7.49 Å². The van der Waals surface area contributed by atoms with E-state index in [1.807, 2.05) is 72.8 Å². The van der Waals surface area contributed by atoms with Crippen LogP contribution in [0.1, 0.15) is 5.56 Å². The molecule has 0 radical (unpaired) electrons. The topological polar surface area (TPSA) is 40.5 Å². The predicted molar refractivity (Wildman–Crippen MR) is 93.1 cm³/mol. The van der Waals surface area contributed by atoms with Gasteiger partial charge in [-0.05, 0) is 30.3 Å². The van der Waals surface area contributed by atoms with E-state index in [0.717, 1.165) is 16.2 Å². The van der Waals surface area contributed by atoms with Crippen molar-refractivity contribution in [3.8, 4) is 5.75 Å². The summed E-state index contributed by atoms with van der Waals surface area (Å²) in [7, 11) is -2.58. The third kappa shape index (κ3) is 2.89. The van der Waals surface area contributed by atoms with Crippen LogP contribution in [0.3, 0.4) is 0 Å². The van der Waals surface area contributed by atoms with E-state index < -0.39 is 7.49 Å². The van der Waals surface area contributed by atoms with Gasteiger partial charge in [-0.25, -0.2) is 4.89 Å². The van der Waals surface area contributed by atoms with Gasteiger partial charge in [0.1, 0.15) is 22.5 Å². The summed E-state index contributed by atoms with van der Waals surface area (Å²) >= 11 is 0. The quantitative estimate of drug-likeness (QED) is 0.725. The van der Waals surface area contributed by atoms with E-state index in [9.17, 15) is 10.00 Å². The maximum absolute atomic E-state index is 11.5. The molecular formula is C19H18O2P+. The average molecular weight is 309 g/mol. The van der Waals surface area contributed by atoms with Crippen LogP contribution in [-0.4, -0.2) is 10.00 Å². The molecule has 3 aromatic carbocycles. The van der Waals surface area contributed by atoms with Crippen LogP contribution in [-0.2, 0) is 6.16 Å². The molecular weight excluding hydrogens is 291 g/mol. The summed E-state index contributed by atoms with van der Waals surface area (Å²) in [5.74, 6) is 0.229. The molecule has 0 aliphatic rings. The van der Waals surface area contributed by atoms with Crippen LogP contribution in [0.25, 0.3) is 0 Å². The highest BCUT2D eigenvalue weighted by atomic mass is 31.2. The third-order valence-electron chi connectivity index (χ3n) is 3.76. The molecule has 0 aromatic heterocycles. The average Bonchev–Trinajstić information content (AvgIpc) is 2.58. The maximum Gasteiger partial charge on any atom is 0.210 e. The normalized spacial score (nSPS) is 11.3. The van der Waals surface area contributed by atoms with Crippen LogP contribution in [0.4, 0.5) is 0 Å². The molecule has 0 saturated heterocycles. The Morgan fingerprint density at radius 1 is 0.636 bits per heavy atom. The van der Waals surface area contributed by atoms with Gasteiger partial charge in [0.05, 0.1) is 0 Å². The maximum atomic E-state index is 11.5. The van der Waals surface area contributed by atoms with Crippen molar-refractivity contribution < 1.29 is 10.00 Å². The Bertz CT molecular complexity index is 702. The smallest absolute Gasteiger partial charge is 0.210 e. The molecule has 0 bridgehead atoms. The minimum absolute atomic E-state index is 0.229. The lowest BCUT2D eigenvalue weighted by molar-refractivity contribution is 0.469. The predicted octanol–water partition coefficient (Wildman–Crippen LogP) is 3.47. The zero-order valence-electron chi connectivity index (χ0n) is 12.1. The monoisotopic (exact) mass is 309 g/mol. The third-order valence-corrected chi connectivity index (χ3v) is 6.86. The molecule has 110 valence electrons. The number of benzene rings is 3. The molecule has 0 atom stereocenters. The molecule has 3 heteroatoms. The Morgan fingerprint density at radius 2 is 1.09 bits per heavy atom. The molecule has 0 aliphatic carbocycles. The fourth-order valence-corrected chi connectivity index (χ4v) is 5.33. The van der Waals surface area contributed by atoms with Gasteiger partial charge in [-0.15, -0.1) is 0 Å². The van der Waals surface area contributed by atoms with E-state index >= 15 is 0 Å². The first-order valence-electron chi connectivity index (χ1n) is 7.19. The van der Waals surface area contributed by atoms with Crippen LogP contribution < -0.4 is 10.6 Å². The lowest BCUT2D eigenvalue weighted by Gasteiger charge is -2.20. The fourth-order valence-electron chi connectivity index (χ4n) is 2.57. The first-order valence-corrected chi connectivity index (χ1v) is 9.12. The number of rotatable bonds is 4. The zero-order valence-corrected chi connectivity index (χ0v) is 13.0. The molecule has 0 spiro atoms. The molecule has 0 amide bonds. The van der Waals surface area contributed by atoms with E-state index in [0.29, 0.717) is 6.16 Å². The summed E-state index contributed by atoms with van der Waals surface area (Å²) in [6.45, 7) is 0.